The Hall–Kier alpha value is -1.49. The van der Waals surface area contributed by atoms with E-state index in [-0.39, 0.29) is 18.5 Å². The van der Waals surface area contributed by atoms with Gasteiger partial charge >= 0.3 is 6.03 Å². The molecule has 0 saturated carbocycles. The molecule has 0 aliphatic rings. The van der Waals surface area contributed by atoms with Gasteiger partial charge in [-0.1, -0.05) is 20.3 Å². The average molecular weight is 282 g/mol. The van der Waals surface area contributed by atoms with Crippen molar-refractivity contribution in [1.82, 2.24) is 10.6 Å². The molecule has 0 bridgehead atoms. The number of aryl methyl sites for hydroxylation is 2. The summed E-state index contributed by atoms with van der Waals surface area (Å²) < 4.78 is 5.40. The number of carbonyl (C=O) groups excluding carboxylic acids is 1. The Labute approximate surface area is 120 Å². The molecule has 2 amide bonds. The van der Waals surface area contributed by atoms with Crippen LogP contribution in [-0.4, -0.2) is 23.3 Å². The summed E-state index contributed by atoms with van der Waals surface area (Å²) in [5.74, 6) is 1.77. The molecule has 0 radical (unpaired) electrons. The van der Waals surface area contributed by atoms with E-state index in [0.29, 0.717) is 6.54 Å². The van der Waals surface area contributed by atoms with Gasteiger partial charge in [0, 0.05) is 18.7 Å². The monoisotopic (exact) mass is 282 g/mol. The quantitative estimate of drug-likeness (QED) is 0.750. The summed E-state index contributed by atoms with van der Waals surface area (Å²) in [6, 6.07) is 1.62. The van der Waals surface area contributed by atoms with Crippen molar-refractivity contribution in [2.24, 2.45) is 5.92 Å². The molecule has 1 aromatic heterocycles. The molecule has 0 spiro atoms. The molecule has 2 atom stereocenters. The van der Waals surface area contributed by atoms with E-state index in [1.165, 1.54) is 0 Å². The van der Waals surface area contributed by atoms with Crippen LogP contribution in [-0.2, 0) is 6.54 Å². The van der Waals surface area contributed by atoms with Gasteiger partial charge in [0.2, 0.25) is 0 Å². The van der Waals surface area contributed by atoms with Crippen LogP contribution in [0, 0.1) is 19.8 Å². The summed E-state index contributed by atoms with van der Waals surface area (Å²) in [6.07, 6.45) is 0.865. The number of carbonyl (C=O) groups is 1. The molecule has 5 heteroatoms. The molecule has 0 fully saturated rings. The first kappa shape index (κ1) is 16.6. The van der Waals surface area contributed by atoms with Gasteiger partial charge in [-0.2, -0.15) is 0 Å². The van der Waals surface area contributed by atoms with Crippen LogP contribution < -0.4 is 10.6 Å². The first-order valence-electron chi connectivity index (χ1n) is 7.06. The highest BCUT2D eigenvalue weighted by atomic mass is 16.3. The summed E-state index contributed by atoms with van der Waals surface area (Å²) in [6.45, 7) is 10.1. The van der Waals surface area contributed by atoms with Crippen molar-refractivity contribution >= 4 is 6.03 Å². The third-order valence-corrected chi connectivity index (χ3v) is 3.86. The SMILES string of the molecule is CCC(C)C(C)(O)CNC(=O)NCc1cc(C)oc1C. The van der Waals surface area contributed by atoms with Gasteiger partial charge < -0.3 is 20.2 Å². The Morgan fingerprint density at radius 2 is 2.10 bits per heavy atom. The van der Waals surface area contributed by atoms with Crippen LogP contribution in [0.4, 0.5) is 4.79 Å². The van der Waals surface area contributed by atoms with Gasteiger partial charge in [0.15, 0.2) is 0 Å². The zero-order valence-corrected chi connectivity index (χ0v) is 13.0. The number of hydrogen-bond donors (Lipinski definition) is 3. The molecular formula is C15H26N2O3. The van der Waals surface area contributed by atoms with Gasteiger partial charge in [0.1, 0.15) is 11.5 Å². The minimum absolute atomic E-state index is 0.126. The number of urea groups is 1. The van der Waals surface area contributed by atoms with E-state index >= 15 is 0 Å². The Morgan fingerprint density at radius 1 is 1.45 bits per heavy atom. The van der Waals surface area contributed by atoms with Crippen molar-refractivity contribution < 1.29 is 14.3 Å². The Kier molecular flexibility index (Phi) is 5.62. The summed E-state index contributed by atoms with van der Waals surface area (Å²) >= 11 is 0. The van der Waals surface area contributed by atoms with Gasteiger partial charge in [0.05, 0.1) is 5.60 Å². The highest BCUT2D eigenvalue weighted by molar-refractivity contribution is 5.73. The predicted octanol–water partition coefficient (Wildman–Crippen LogP) is 2.49. The molecule has 1 heterocycles. The van der Waals surface area contributed by atoms with Crippen molar-refractivity contribution in [3.05, 3.63) is 23.2 Å². The molecule has 3 N–H and O–H groups in total. The second-order valence-electron chi connectivity index (χ2n) is 5.64. The largest absolute Gasteiger partial charge is 0.466 e. The fourth-order valence-electron chi connectivity index (χ4n) is 1.97. The minimum Gasteiger partial charge on any atom is -0.466 e. The molecule has 0 saturated heterocycles. The number of furan rings is 1. The maximum absolute atomic E-state index is 11.7. The zero-order chi connectivity index (χ0) is 15.3. The van der Waals surface area contributed by atoms with Crippen LogP contribution in [0.3, 0.4) is 0 Å². The average Bonchev–Trinajstić information content (AvgIpc) is 2.71. The van der Waals surface area contributed by atoms with E-state index in [4.69, 9.17) is 4.42 Å². The Bertz CT molecular complexity index is 452. The molecule has 0 aromatic carbocycles. The molecule has 20 heavy (non-hydrogen) atoms. The fourth-order valence-corrected chi connectivity index (χ4v) is 1.97. The van der Waals surface area contributed by atoms with Gasteiger partial charge in [-0.15, -0.1) is 0 Å². The number of aliphatic hydroxyl groups is 1. The standard InChI is InChI=1S/C15H26N2O3/c1-6-10(2)15(5,19)9-17-14(18)16-8-13-7-11(3)20-12(13)4/h7,10,19H,6,8-9H2,1-5H3,(H2,16,17,18). The van der Waals surface area contributed by atoms with Crippen LogP contribution >= 0.6 is 0 Å². The van der Waals surface area contributed by atoms with E-state index in [1.807, 2.05) is 33.8 Å². The van der Waals surface area contributed by atoms with E-state index in [9.17, 15) is 9.90 Å². The lowest BCUT2D eigenvalue weighted by atomic mass is 9.89. The van der Waals surface area contributed by atoms with Crippen LogP contribution in [0.5, 0.6) is 0 Å². The molecule has 114 valence electrons. The number of nitrogens with one attached hydrogen (secondary N) is 2. The topological polar surface area (TPSA) is 74.5 Å². The zero-order valence-electron chi connectivity index (χ0n) is 13.0. The van der Waals surface area contributed by atoms with Gasteiger partial charge in [-0.3, -0.25) is 0 Å². The van der Waals surface area contributed by atoms with Gasteiger partial charge in [0.25, 0.3) is 0 Å². The predicted molar refractivity (Wildman–Crippen MR) is 78.5 cm³/mol. The van der Waals surface area contributed by atoms with Gasteiger partial charge in [-0.25, -0.2) is 4.79 Å². The number of rotatable bonds is 6. The van der Waals surface area contributed by atoms with Crippen molar-refractivity contribution in [3.63, 3.8) is 0 Å². The van der Waals surface area contributed by atoms with E-state index in [1.54, 1.807) is 6.92 Å². The molecule has 1 rings (SSSR count). The Morgan fingerprint density at radius 3 is 2.60 bits per heavy atom. The molecule has 5 nitrogen and oxygen atoms in total. The minimum atomic E-state index is -0.895. The van der Waals surface area contributed by atoms with Crippen LogP contribution in [0.15, 0.2) is 10.5 Å². The van der Waals surface area contributed by atoms with Crippen LogP contribution in [0.25, 0.3) is 0 Å². The van der Waals surface area contributed by atoms with Crippen LogP contribution in [0.1, 0.15) is 44.3 Å². The van der Waals surface area contributed by atoms with Crippen molar-refractivity contribution in [1.29, 1.82) is 0 Å². The molecule has 1 aromatic rings. The molecule has 0 aliphatic carbocycles. The van der Waals surface area contributed by atoms with E-state index in [0.717, 1.165) is 23.5 Å². The summed E-state index contributed by atoms with van der Waals surface area (Å²) in [5.41, 5.74) is 0.0696. The lowest BCUT2D eigenvalue weighted by molar-refractivity contribution is 0.00790. The Balaban J connectivity index is 2.39. The maximum Gasteiger partial charge on any atom is 0.315 e. The fraction of sp³-hybridized carbons (Fsp3) is 0.667. The third kappa shape index (κ3) is 4.56. The summed E-state index contributed by atoms with van der Waals surface area (Å²) in [5, 5.41) is 15.7. The summed E-state index contributed by atoms with van der Waals surface area (Å²) in [7, 11) is 0. The second kappa shape index (κ2) is 6.79. The lowest BCUT2D eigenvalue weighted by Crippen LogP contribution is -2.47. The van der Waals surface area contributed by atoms with Crippen molar-refractivity contribution in [3.8, 4) is 0 Å². The second-order valence-corrected chi connectivity index (χ2v) is 5.64. The highest BCUT2D eigenvalue weighted by Crippen LogP contribution is 2.18. The van der Waals surface area contributed by atoms with E-state index in [2.05, 4.69) is 10.6 Å². The highest BCUT2D eigenvalue weighted by Gasteiger charge is 2.27. The number of hydrogen-bond acceptors (Lipinski definition) is 3. The van der Waals surface area contributed by atoms with E-state index < -0.39 is 5.60 Å². The van der Waals surface area contributed by atoms with Gasteiger partial charge in [-0.05, 0) is 32.8 Å². The molecule has 0 aliphatic heterocycles. The first-order chi connectivity index (χ1) is 9.26. The maximum atomic E-state index is 11.7. The summed E-state index contributed by atoms with van der Waals surface area (Å²) in [4.78, 5) is 11.7. The first-order valence-corrected chi connectivity index (χ1v) is 7.06. The van der Waals surface area contributed by atoms with Crippen molar-refractivity contribution in [2.45, 2.75) is 53.2 Å². The molecule has 2 unspecified atom stereocenters. The lowest BCUT2D eigenvalue weighted by Gasteiger charge is -2.29. The van der Waals surface area contributed by atoms with Crippen LogP contribution in [0.2, 0.25) is 0 Å². The van der Waals surface area contributed by atoms with Crippen molar-refractivity contribution in [2.75, 3.05) is 6.54 Å². The normalized spacial score (nSPS) is 15.5. The number of amides is 2. The molecular weight excluding hydrogens is 256 g/mol. The third-order valence-electron chi connectivity index (χ3n) is 3.86. The smallest absolute Gasteiger partial charge is 0.315 e.